The first-order chi connectivity index (χ1) is 7.93. The van der Waals surface area contributed by atoms with Crippen LogP contribution in [0.1, 0.15) is 47.0 Å². The molecule has 0 N–H and O–H groups in total. The summed E-state index contributed by atoms with van der Waals surface area (Å²) in [7, 11) is 0. The van der Waals surface area contributed by atoms with Crippen LogP contribution in [0, 0.1) is 11.8 Å². The van der Waals surface area contributed by atoms with E-state index < -0.39 is 0 Å². The van der Waals surface area contributed by atoms with Crippen LogP contribution in [0.2, 0.25) is 0 Å². The number of hydrogen-bond acceptors (Lipinski definition) is 4. The zero-order valence-corrected chi connectivity index (χ0v) is 11.3. The summed E-state index contributed by atoms with van der Waals surface area (Å²) in [6.07, 6.45) is 2.32. The second kappa shape index (κ2) is 9.02. The Bertz CT molecular complexity index is 234. The minimum Gasteiger partial charge on any atom is -0.462 e. The lowest BCUT2D eigenvalue weighted by molar-refractivity contribution is -0.154. The minimum atomic E-state index is -0.263. The lowest BCUT2D eigenvalue weighted by Crippen LogP contribution is -2.17. The molecule has 0 unspecified atom stereocenters. The molecule has 17 heavy (non-hydrogen) atoms. The van der Waals surface area contributed by atoms with Crippen LogP contribution in [0.3, 0.4) is 0 Å². The summed E-state index contributed by atoms with van der Waals surface area (Å²) in [6.45, 7) is 8.07. The molecule has 0 atom stereocenters. The van der Waals surface area contributed by atoms with Gasteiger partial charge in [-0.15, -0.1) is 0 Å². The Hall–Kier alpha value is -1.06. The van der Waals surface area contributed by atoms with Crippen molar-refractivity contribution in [2.75, 3.05) is 13.2 Å². The largest absolute Gasteiger partial charge is 0.462 e. The second-order valence-corrected chi connectivity index (χ2v) is 4.83. The molecule has 0 amide bonds. The molecule has 0 aromatic heterocycles. The number of rotatable bonds is 8. The van der Waals surface area contributed by atoms with E-state index in [9.17, 15) is 9.59 Å². The van der Waals surface area contributed by atoms with E-state index in [1.807, 2.05) is 0 Å². The molecule has 4 nitrogen and oxygen atoms in total. The summed E-state index contributed by atoms with van der Waals surface area (Å²) >= 11 is 0. The summed E-state index contributed by atoms with van der Waals surface area (Å²) in [5.41, 5.74) is 0. The van der Waals surface area contributed by atoms with Crippen molar-refractivity contribution in [3.63, 3.8) is 0 Å². The molecule has 0 rings (SSSR count). The molecule has 0 aromatic rings. The number of carbonyl (C=O) groups is 2. The molecule has 0 aliphatic heterocycles. The molecule has 0 fully saturated rings. The van der Waals surface area contributed by atoms with Gasteiger partial charge in [0.15, 0.2) is 0 Å². The Morgan fingerprint density at radius 3 is 2.12 bits per heavy atom. The average molecular weight is 244 g/mol. The molecule has 4 heteroatoms. The molecule has 0 saturated heterocycles. The molecule has 0 heterocycles. The predicted octanol–water partition coefficient (Wildman–Crippen LogP) is 2.56. The highest BCUT2D eigenvalue weighted by atomic mass is 16.6. The Balaban J connectivity index is 3.42. The van der Waals surface area contributed by atoms with Crippen LogP contribution in [0.25, 0.3) is 0 Å². The fraction of sp³-hybridized carbons (Fsp3) is 0.846. The molecule has 0 radical (unpaired) electrons. The second-order valence-electron chi connectivity index (χ2n) is 4.83. The average Bonchev–Trinajstić information content (AvgIpc) is 2.23. The first kappa shape index (κ1) is 15.9. The van der Waals surface area contributed by atoms with Gasteiger partial charge in [0.05, 0.1) is 5.92 Å². The fourth-order valence-electron chi connectivity index (χ4n) is 1.19. The minimum absolute atomic E-state index is 0.142. The SMILES string of the molecule is CC(C)CCCC(=O)OCCOC(=O)C(C)C. The van der Waals surface area contributed by atoms with Gasteiger partial charge in [0.2, 0.25) is 0 Å². The molecular weight excluding hydrogens is 220 g/mol. The van der Waals surface area contributed by atoms with Crippen molar-refractivity contribution in [3.05, 3.63) is 0 Å². The number of ether oxygens (including phenoxy) is 2. The van der Waals surface area contributed by atoms with E-state index in [0.29, 0.717) is 12.3 Å². The molecule has 0 aliphatic rings. The fourth-order valence-corrected chi connectivity index (χ4v) is 1.19. The third kappa shape index (κ3) is 9.85. The summed E-state index contributed by atoms with van der Waals surface area (Å²) in [4.78, 5) is 22.3. The zero-order valence-electron chi connectivity index (χ0n) is 11.3. The van der Waals surface area contributed by atoms with Crippen LogP contribution in [0.15, 0.2) is 0 Å². The van der Waals surface area contributed by atoms with E-state index in [1.54, 1.807) is 13.8 Å². The van der Waals surface area contributed by atoms with Crippen LogP contribution >= 0.6 is 0 Å². The summed E-state index contributed by atoms with van der Waals surface area (Å²) in [5, 5.41) is 0. The van der Waals surface area contributed by atoms with Gasteiger partial charge >= 0.3 is 11.9 Å². The number of carbonyl (C=O) groups excluding carboxylic acids is 2. The standard InChI is InChI=1S/C13H24O4/c1-10(2)6-5-7-12(14)16-8-9-17-13(15)11(3)4/h10-11H,5-9H2,1-4H3. The first-order valence-electron chi connectivity index (χ1n) is 6.25. The van der Waals surface area contributed by atoms with Gasteiger partial charge in [-0.05, 0) is 12.3 Å². The molecule has 0 bridgehead atoms. The summed E-state index contributed by atoms with van der Waals surface area (Å²) in [6, 6.07) is 0. The van der Waals surface area contributed by atoms with Crippen molar-refractivity contribution < 1.29 is 19.1 Å². The molecule has 0 aromatic carbocycles. The van der Waals surface area contributed by atoms with Crippen molar-refractivity contribution in [2.24, 2.45) is 11.8 Å². The quantitative estimate of drug-likeness (QED) is 0.486. The third-order valence-electron chi connectivity index (χ3n) is 2.22. The first-order valence-corrected chi connectivity index (χ1v) is 6.25. The van der Waals surface area contributed by atoms with E-state index in [1.165, 1.54) is 0 Å². The van der Waals surface area contributed by atoms with Gasteiger partial charge in [-0.3, -0.25) is 9.59 Å². The maximum atomic E-state index is 11.2. The van der Waals surface area contributed by atoms with E-state index in [0.717, 1.165) is 12.8 Å². The Kier molecular flexibility index (Phi) is 8.46. The summed E-state index contributed by atoms with van der Waals surface area (Å²) < 4.78 is 9.82. The van der Waals surface area contributed by atoms with E-state index in [4.69, 9.17) is 9.47 Å². The smallest absolute Gasteiger partial charge is 0.308 e. The van der Waals surface area contributed by atoms with Crippen molar-refractivity contribution in [1.82, 2.24) is 0 Å². The van der Waals surface area contributed by atoms with Crippen molar-refractivity contribution in [2.45, 2.75) is 47.0 Å². The van der Waals surface area contributed by atoms with Crippen LogP contribution in [0.4, 0.5) is 0 Å². The van der Waals surface area contributed by atoms with E-state index in [2.05, 4.69) is 13.8 Å². The van der Waals surface area contributed by atoms with Crippen LogP contribution < -0.4 is 0 Å². The zero-order chi connectivity index (χ0) is 13.3. The highest BCUT2D eigenvalue weighted by Gasteiger charge is 2.08. The summed E-state index contributed by atoms with van der Waals surface area (Å²) in [5.74, 6) is -0.0151. The third-order valence-corrected chi connectivity index (χ3v) is 2.22. The van der Waals surface area contributed by atoms with Gasteiger partial charge in [0.25, 0.3) is 0 Å². The Morgan fingerprint density at radius 1 is 1.00 bits per heavy atom. The number of esters is 2. The van der Waals surface area contributed by atoms with Gasteiger partial charge < -0.3 is 9.47 Å². The topological polar surface area (TPSA) is 52.6 Å². The maximum Gasteiger partial charge on any atom is 0.308 e. The van der Waals surface area contributed by atoms with Crippen LogP contribution in [-0.2, 0) is 19.1 Å². The van der Waals surface area contributed by atoms with Crippen LogP contribution in [0.5, 0.6) is 0 Å². The lowest BCUT2D eigenvalue weighted by Gasteiger charge is -2.08. The molecule has 0 saturated carbocycles. The van der Waals surface area contributed by atoms with Gasteiger partial charge in [-0.25, -0.2) is 0 Å². The molecule has 0 aliphatic carbocycles. The highest BCUT2D eigenvalue weighted by molar-refractivity contribution is 5.71. The number of hydrogen-bond donors (Lipinski definition) is 0. The molecule has 100 valence electrons. The van der Waals surface area contributed by atoms with Gasteiger partial charge in [-0.1, -0.05) is 34.1 Å². The van der Waals surface area contributed by atoms with E-state index in [-0.39, 0.29) is 31.1 Å². The van der Waals surface area contributed by atoms with Gasteiger partial charge in [0.1, 0.15) is 13.2 Å². The Morgan fingerprint density at radius 2 is 1.59 bits per heavy atom. The molecule has 0 spiro atoms. The van der Waals surface area contributed by atoms with Crippen molar-refractivity contribution in [3.8, 4) is 0 Å². The van der Waals surface area contributed by atoms with Gasteiger partial charge in [0, 0.05) is 6.42 Å². The van der Waals surface area contributed by atoms with Crippen molar-refractivity contribution in [1.29, 1.82) is 0 Å². The van der Waals surface area contributed by atoms with E-state index >= 15 is 0 Å². The molecular formula is C13H24O4. The highest BCUT2D eigenvalue weighted by Crippen LogP contribution is 2.06. The van der Waals surface area contributed by atoms with Crippen molar-refractivity contribution >= 4 is 11.9 Å². The monoisotopic (exact) mass is 244 g/mol. The van der Waals surface area contributed by atoms with Crippen LogP contribution in [-0.4, -0.2) is 25.2 Å². The predicted molar refractivity (Wildman–Crippen MR) is 65.4 cm³/mol. The van der Waals surface area contributed by atoms with Gasteiger partial charge in [-0.2, -0.15) is 0 Å². The normalized spacial score (nSPS) is 10.7. The lowest BCUT2D eigenvalue weighted by atomic mass is 10.1. The maximum absolute atomic E-state index is 11.2. The Labute approximate surface area is 104 Å².